The summed E-state index contributed by atoms with van der Waals surface area (Å²) in [6, 6.07) is 9.24. The summed E-state index contributed by atoms with van der Waals surface area (Å²) < 4.78 is 89.8. The Morgan fingerprint density at radius 1 is 1.05 bits per heavy atom. The number of rotatable bonds is 9. The Labute approximate surface area is 247 Å². The Balaban J connectivity index is 1.71. The molecule has 17 heteroatoms. The number of alkyl halides is 3. The number of anilines is 3. The van der Waals surface area contributed by atoms with Crippen molar-refractivity contribution in [3.63, 3.8) is 0 Å². The van der Waals surface area contributed by atoms with Crippen LogP contribution in [0.1, 0.15) is 0 Å². The number of pyridine rings is 1. The highest BCUT2D eigenvalue weighted by molar-refractivity contribution is 7.92. The second-order valence-electron chi connectivity index (χ2n) is 8.47. The number of halogens is 5. The van der Waals surface area contributed by atoms with Gasteiger partial charge in [0.2, 0.25) is 5.95 Å². The lowest BCUT2D eigenvalue weighted by Crippen LogP contribution is -2.35. The lowest BCUT2D eigenvalue weighted by molar-refractivity contribution is -0.153. The molecule has 2 heterocycles. The third-order valence-electron chi connectivity index (χ3n) is 5.61. The van der Waals surface area contributed by atoms with Crippen LogP contribution in [0.3, 0.4) is 0 Å². The van der Waals surface area contributed by atoms with E-state index in [4.69, 9.17) is 16.3 Å². The van der Waals surface area contributed by atoms with Crippen LogP contribution >= 0.6 is 11.6 Å². The highest BCUT2D eigenvalue weighted by Crippen LogP contribution is 2.42. The van der Waals surface area contributed by atoms with Crippen molar-refractivity contribution in [3.8, 4) is 22.6 Å². The number of carbonyl (C=O) groups is 1. The average Bonchev–Trinajstić information content (AvgIpc) is 2.97. The highest BCUT2D eigenvalue weighted by Gasteiger charge is 2.29. The van der Waals surface area contributed by atoms with Crippen LogP contribution in [0.5, 0.6) is 11.5 Å². The summed E-state index contributed by atoms with van der Waals surface area (Å²) in [6.45, 7) is -1.70. The van der Waals surface area contributed by atoms with Crippen LogP contribution in [-0.2, 0) is 10.0 Å². The van der Waals surface area contributed by atoms with Gasteiger partial charge in [-0.05, 0) is 48.0 Å². The fourth-order valence-corrected chi connectivity index (χ4v) is 4.86. The fourth-order valence-electron chi connectivity index (χ4n) is 3.69. The first-order valence-corrected chi connectivity index (χ1v) is 13.8. The number of hydrogen-bond acceptors (Lipinski definition) is 8. The van der Waals surface area contributed by atoms with Crippen molar-refractivity contribution in [1.82, 2.24) is 20.3 Å². The van der Waals surface area contributed by atoms with Crippen LogP contribution < -0.4 is 24.4 Å². The molecule has 2 N–H and O–H groups in total. The molecule has 0 aliphatic carbocycles. The van der Waals surface area contributed by atoms with Crippen molar-refractivity contribution < 1.29 is 40.2 Å². The quantitative estimate of drug-likeness (QED) is 0.227. The molecule has 0 aliphatic heterocycles. The van der Waals surface area contributed by atoms with Crippen LogP contribution in [0.25, 0.3) is 11.1 Å². The van der Waals surface area contributed by atoms with E-state index >= 15 is 0 Å². The number of carbonyl (C=O) groups excluding carboxylic acids is 1. The molecule has 0 fully saturated rings. The summed E-state index contributed by atoms with van der Waals surface area (Å²) in [5.41, 5.74) is 0.493. The second-order valence-corrected chi connectivity index (χ2v) is 10.6. The van der Waals surface area contributed by atoms with Gasteiger partial charge in [-0.3, -0.25) is 0 Å². The zero-order chi connectivity index (χ0) is 31.4. The van der Waals surface area contributed by atoms with E-state index in [2.05, 4.69) is 29.7 Å². The molecule has 2 aromatic carbocycles. The van der Waals surface area contributed by atoms with Crippen LogP contribution in [0.4, 0.5) is 39.8 Å². The largest absolute Gasteiger partial charge is 0.495 e. The van der Waals surface area contributed by atoms with Gasteiger partial charge in [-0.25, -0.2) is 42.2 Å². The Morgan fingerprint density at radius 3 is 2.37 bits per heavy atom. The number of hydrogen-bond donors (Lipinski definition) is 2. The van der Waals surface area contributed by atoms with Gasteiger partial charge in [-0.15, -0.1) is 0 Å². The molecule has 0 radical (unpaired) electrons. The van der Waals surface area contributed by atoms with E-state index in [0.717, 1.165) is 23.2 Å². The summed E-state index contributed by atoms with van der Waals surface area (Å²) in [5.74, 6) is -1.78. The molecule has 4 aromatic rings. The SMILES string of the molecule is CNC(=O)N(c1ccc(S(=O)(=O)Nc2ncccn2)cn1)c1cc(Cl)c(-c2ccc(F)c(OCC(F)(F)F)c2)cc1OC. The van der Waals surface area contributed by atoms with Crippen LogP contribution in [0.15, 0.2) is 72.0 Å². The zero-order valence-electron chi connectivity index (χ0n) is 22.2. The minimum absolute atomic E-state index is 0.00402. The summed E-state index contributed by atoms with van der Waals surface area (Å²) in [5, 5.41) is 2.45. The molecule has 0 saturated carbocycles. The van der Waals surface area contributed by atoms with Crippen molar-refractivity contribution in [1.29, 1.82) is 0 Å². The predicted molar refractivity (Wildman–Crippen MR) is 149 cm³/mol. The summed E-state index contributed by atoms with van der Waals surface area (Å²) >= 11 is 6.53. The molecule has 0 aliphatic rings. The topological polar surface area (TPSA) is 136 Å². The lowest BCUT2D eigenvalue weighted by atomic mass is 10.0. The zero-order valence-corrected chi connectivity index (χ0v) is 23.8. The minimum atomic E-state index is -4.68. The number of benzene rings is 2. The van der Waals surface area contributed by atoms with Crippen molar-refractivity contribution in [2.75, 3.05) is 30.4 Å². The van der Waals surface area contributed by atoms with Gasteiger partial charge in [-0.2, -0.15) is 13.2 Å². The number of urea groups is 1. The van der Waals surface area contributed by atoms with Gasteiger partial charge in [0.1, 0.15) is 16.5 Å². The summed E-state index contributed by atoms with van der Waals surface area (Å²) in [7, 11) is -1.48. The van der Waals surface area contributed by atoms with Crippen molar-refractivity contribution >= 4 is 45.1 Å². The van der Waals surface area contributed by atoms with Crippen molar-refractivity contribution in [3.05, 3.63) is 78.0 Å². The Hall–Kier alpha value is -4.70. The number of nitrogens with one attached hydrogen (secondary N) is 2. The number of ether oxygens (including phenoxy) is 2. The fraction of sp³-hybridized carbons (Fsp3) is 0.154. The van der Waals surface area contributed by atoms with Crippen LogP contribution in [0, 0.1) is 5.82 Å². The molecule has 0 bridgehead atoms. The smallest absolute Gasteiger partial charge is 0.422 e. The number of nitrogens with zero attached hydrogens (tertiary/aromatic N) is 4. The molecule has 43 heavy (non-hydrogen) atoms. The highest BCUT2D eigenvalue weighted by atomic mass is 35.5. The molecular formula is C26H21ClF4N6O5S. The monoisotopic (exact) mass is 640 g/mol. The summed E-state index contributed by atoms with van der Waals surface area (Å²) in [6.07, 6.45) is -0.959. The lowest BCUT2D eigenvalue weighted by Gasteiger charge is -2.24. The molecule has 11 nitrogen and oxygen atoms in total. The first-order chi connectivity index (χ1) is 20.3. The second kappa shape index (κ2) is 12.7. The number of sulfonamides is 1. The minimum Gasteiger partial charge on any atom is -0.495 e. The van der Waals surface area contributed by atoms with E-state index in [-0.39, 0.29) is 44.2 Å². The predicted octanol–water partition coefficient (Wildman–Crippen LogP) is 5.56. The normalized spacial score (nSPS) is 11.5. The first-order valence-electron chi connectivity index (χ1n) is 12.0. The number of aromatic nitrogens is 3. The number of methoxy groups -OCH3 is 1. The van der Waals surface area contributed by atoms with Crippen LogP contribution in [0.2, 0.25) is 5.02 Å². The van der Waals surface area contributed by atoms with Crippen molar-refractivity contribution in [2.45, 2.75) is 11.1 Å². The van der Waals surface area contributed by atoms with Crippen LogP contribution in [-0.4, -0.2) is 56.3 Å². The molecule has 0 atom stereocenters. The molecule has 2 amide bonds. The van der Waals surface area contributed by atoms with Gasteiger partial charge in [-0.1, -0.05) is 17.7 Å². The Bertz CT molecular complexity index is 1730. The first kappa shape index (κ1) is 31.2. The maximum Gasteiger partial charge on any atom is 0.422 e. The molecule has 2 aromatic heterocycles. The molecule has 0 spiro atoms. The Kier molecular flexibility index (Phi) is 9.20. The van der Waals surface area contributed by atoms with Gasteiger partial charge in [0, 0.05) is 31.2 Å². The van der Waals surface area contributed by atoms with E-state index in [0.29, 0.717) is 0 Å². The molecular weight excluding hydrogens is 620 g/mol. The van der Waals surface area contributed by atoms with E-state index in [1.807, 2.05) is 0 Å². The van der Waals surface area contributed by atoms with Gasteiger partial charge in [0.05, 0.1) is 17.8 Å². The number of amides is 2. The van der Waals surface area contributed by atoms with Crippen molar-refractivity contribution in [2.24, 2.45) is 0 Å². The molecule has 0 unspecified atom stereocenters. The average molecular weight is 641 g/mol. The van der Waals surface area contributed by atoms with Gasteiger partial charge in [0.25, 0.3) is 10.0 Å². The van der Waals surface area contributed by atoms with E-state index in [9.17, 15) is 30.8 Å². The van der Waals surface area contributed by atoms with Gasteiger partial charge in [0.15, 0.2) is 18.2 Å². The third kappa shape index (κ3) is 7.39. The molecule has 226 valence electrons. The maximum atomic E-state index is 14.1. The molecule has 0 saturated heterocycles. The van der Waals surface area contributed by atoms with E-state index in [1.165, 1.54) is 62.9 Å². The third-order valence-corrected chi connectivity index (χ3v) is 7.24. The van der Waals surface area contributed by atoms with E-state index < -0.39 is 40.4 Å². The van der Waals surface area contributed by atoms with E-state index in [1.54, 1.807) is 0 Å². The van der Waals surface area contributed by atoms with Gasteiger partial charge >= 0.3 is 12.2 Å². The summed E-state index contributed by atoms with van der Waals surface area (Å²) in [4.78, 5) is 25.6. The van der Waals surface area contributed by atoms with Gasteiger partial charge < -0.3 is 14.8 Å². The molecule has 4 rings (SSSR count). The standard InChI is InChI=1S/C26H21ClF4N6O5S/c1-32-25(38)37(23-7-5-16(13-35-23)43(39,40)36-24-33-8-3-9-34-24)20-12-18(27)17(11-22(20)41-2)15-4-6-19(28)21(10-15)42-14-26(29,30)31/h3-13H,14H2,1-2H3,(H,32,38)(H,33,34,36). The Morgan fingerprint density at radius 2 is 1.77 bits per heavy atom. The maximum absolute atomic E-state index is 14.1.